The summed E-state index contributed by atoms with van der Waals surface area (Å²) in [6.07, 6.45) is 4.44. The van der Waals surface area contributed by atoms with Gasteiger partial charge in [-0.05, 0) is 48.9 Å². The van der Waals surface area contributed by atoms with E-state index in [0.717, 1.165) is 24.1 Å². The molecule has 3 heterocycles. The second-order valence-electron chi connectivity index (χ2n) is 10.6. The molecule has 218 valence electrons. The maximum absolute atomic E-state index is 14.3. The minimum absolute atomic E-state index is 0.0329. The molecule has 0 unspecified atom stereocenters. The Morgan fingerprint density at radius 2 is 2.00 bits per heavy atom. The van der Waals surface area contributed by atoms with E-state index in [0.29, 0.717) is 54.6 Å². The van der Waals surface area contributed by atoms with E-state index in [4.69, 9.17) is 5.73 Å². The molecule has 0 radical (unpaired) electrons. The van der Waals surface area contributed by atoms with Crippen molar-refractivity contribution in [3.63, 3.8) is 0 Å². The van der Waals surface area contributed by atoms with Crippen LogP contribution in [0, 0.1) is 0 Å². The van der Waals surface area contributed by atoms with Gasteiger partial charge in [0.2, 0.25) is 5.91 Å². The molecule has 1 fully saturated rings. The summed E-state index contributed by atoms with van der Waals surface area (Å²) in [6.45, 7) is 4.28. The number of carbonyl (C=O) groups is 1. The first-order chi connectivity index (χ1) is 19.0. The van der Waals surface area contributed by atoms with Gasteiger partial charge in [-0.15, -0.1) is 0 Å². The number of aliphatic imine (C=N–C) groups is 1. The van der Waals surface area contributed by atoms with E-state index in [1.807, 2.05) is 0 Å². The molecule has 0 aliphatic carbocycles. The summed E-state index contributed by atoms with van der Waals surface area (Å²) in [7, 11) is -1.28. The minimum Gasteiger partial charge on any atom is -0.385 e. The molecular formula is C28H38F2N6O3S. The smallest absolute Gasteiger partial charge is 0.264 e. The number of unbranched alkanes of at least 4 members (excludes halogenated alkanes) is 1. The van der Waals surface area contributed by atoms with Crippen molar-refractivity contribution in [2.45, 2.75) is 64.8 Å². The SMILES string of the molecule is CCCCc1cc(-c2cnn(C)c2)c(C(F)F)cc1N=C(N)C1=C(NC2CCS(=O)(=O)CC2)CCN(C(C)=O)C1. The average molecular weight is 577 g/mol. The fourth-order valence-corrected chi connectivity index (χ4v) is 6.71. The number of alkyl halides is 2. The predicted molar refractivity (Wildman–Crippen MR) is 152 cm³/mol. The number of carbonyl (C=O) groups excluding carboxylic acids is 1. The van der Waals surface area contributed by atoms with Crippen LogP contribution in [-0.4, -0.2) is 65.5 Å². The third kappa shape index (κ3) is 7.07. The van der Waals surface area contributed by atoms with Crippen LogP contribution < -0.4 is 11.1 Å². The van der Waals surface area contributed by atoms with Crippen molar-refractivity contribution in [1.29, 1.82) is 0 Å². The Labute approximate surface area is 234 Å². The number of nitrogens with one attached hydrogen (secondary N) is 1. The van der Waals surface area contributed by atoms with Crippen LogP contribution >= 0.6 is 0 Å². The Hall–Kier alpha value is -3.28. The van der Waals surface area contributed by atoms with Gasteiger partial charge in [0.15, 0.2) is 0 Å². The highest BCUT2D eigenvalue weighted by atomic mass is 32.2. The van der Waals surface area contributed by atoms with E-state index in [9.17, 15) is 22.0 Å². The van der Waals surface area contributed by atoms with Crippen LogP contribution in [-0.2, 0) is 28.1 Å². The number of aromatic nitrogens is 2. The lowest BCUT2D eigenvalue weighted by molar-refractivity contribution is -0.128. The van der Waals surface area contributed by atoms with Gasteiger partial charge in [-0.1, -0.05) is 13.3 Å². The van der Waals surface area contributed by atoms with Crippen molar-refractivity contribution in [2.24, 2.45) is 17.8 Å². The molecule has 3 N–H and O–H groups in total. The number of amides is 1. The van der Waals surface area contributed by atoms with Crippen LogP contribution in [0.5, 0.6) is 0 Å². The van der Waals surface area contributed by atoms with E-state index in [2.05, 4.69) is 22.3 Å². The number of sulfone groups is 1. The van der Waals surface area contributed by atoms with Gasteiger partial charge in [0.1, 0.15) is 15.7 Å². The fourth-order valence-electron chi connectivity index (χ4n) is 5.22. The lowest BCUT2D eigenvalue weighted by Crippen LogP contribution is -2.44. The summed E-state index contributed by atoms with van der Waals surface area (Å²) >= 11 is 0. The first-order valence-electron chi connectivity index (χ1n) is 13.7. The molecular weight excluding hydrogens is 538 g/mol. The van der Waals surface area contributed by atoms with E-state index >= 15 is 0 Å². The highest BCUT2D eigenvalue weighted by Gasteiger charge is 2.28. The Morgan fingerprint density at radius 1 is 1.27 bits per heavy atom. The van der Waals surface area contributed by atoms with Gasteiger partial charge in [0.05, 0.1) is 29.9 Å². The Bertz CT molecular complexity index is 1400. The summed E-state index contributed by atoms with van der Waals surface area (Å²) in [5.74, 6) is 0.301. The molecule has 2 aromatic rings. The molecule has 1 aromatic carbocycles. The molecule has 4 rings (SSSR count). The quantitative estimate of drug-likeness (QED) is 0.343. The number of nitrogens with zero attached hydrogens (tertiary/aromatic N) is 4. The summed E-state index contributed by atoms with van der Waals surface area (Å²) < 4.78 is 53.9. The molecule has 0 saturated carbocycles. The van der Waals surface area contributed by atoms with E-state index < -0.39 is 16.3 Å². The first-order valence-corrected chi connectivity index (χ1v) is 15.5. The molecule has 2 aliphatic rings. The monoisotopic (exact) mass is 576 g/mol. The largest absolute Gasteiger partial charge is 0.385 e. The molecule has 0 bridgehead atoms. The number of hydrogen-bond donors (Lipinski definition) is 2. The fraction of sp³-hybridized carbons (Fsp3) is 0.536. The number of halogens is 2. The van der Waals surface area contributed by atoms with Crippen LogP contribution in [0.2, 0.25) is 0 Å². The molecule has 40 heavy (non-hydrogen) atoms. The van der Waals surface area contributed by atoms with E-state index in [1.54, 1.807) is 35.1 Å². The first kappa shape index (κ1) is 29.7. The Balaban J connectivity index is 1.76. The summed E-state index contributed by atoms with van der Waals surface area (Å²) in [6, 6.07) is 3.14. The number of rotatable bonds is 9. The van der Waals surface area contributed by atoms with Crippen LogP contribution in [0.25, 0.3) is 11.1 Å². The Kier molecular flexibility index (Phi) is 9.27. The molecule has 0 atom stereocenters. The van der Waals surface area contributed by atoms with Gasteiger partial charge in [0.25, 0.3) is 6.43 Å². The van der Waals surface area contributed by atoms with Crippen LogP contribution in [0.3, 0.4) is 0 Å². The van der Waals surface area contributed by atoms with Crippen molar-refractivity contribution in [1.82, 2.24) is 20.0 Å². The maximum atomic E-state index is 14.3. The van der Waals surface area contributed by atoms with Gasteiger partial charge < -0.3 is 16.0 Å². The standard InChI is InChI=1S/C28H38F2N6O3S/c1-4-5-6-19-13-22(20-15-32-35(3)16-20)23(27(29)30)14-26(19)34-28(31)24-17-36(18(2)37)10-7-25(24)33-21-8-11-40(38,39)12-9-21/h13-16,21,27,33H,4-12,17H2,1-3H3,(H2,31,34). The van der Waals surface area contributed by atoms with E-state index in [-0.39, 0.29) is 41.4 Å². The van der Waals surface area contributed by atoms with Gasteiger partial charge in [0, 0.05) is 61.6 Å². The van der Waals surface area contributed by atoms with Gasteiger partial charge in [-0.3, -0.25) is 9.48 Å². The lowest BCUT2D eigenvalue weighted by Gasteiger charge is -2.33. The third-order valence-corrected chi connectivity index (χ3v) is 9.29. The summed E-state index contributed by atoms with van der Waals surface area (Å²) in [4.78, 5) is 18.6. The molecule has 1 aromatic heterocycles. The van der Waals surface area contributed by atoms with Crippen molar-refractivity contribution >= 4 is 27.3 Å². The van der Waals surface area contributed by atoms with Crippen molar-refractivity contribution in [2.75, 3.05) is 24.6 Å². The minimum atomic E-state index is -3.02. The normalized spacial score (nSPS) is 18.4. The van der Waals surface area contributed by atoms with Crippen LogP contribution in [0.1, 0.15) is 63.5 Å². The van der Waals surface area contributed by atoms with E-state index in [1.165, 1.54) is 13.0 Å². The second kappa shape index (κ2) is 12.5. The number of aryl methyl sites for hydroxylation is 2. The maximum Gasteiger partial charge on any atom is 0.264 e. The zero-order valence-corrected chi connectivity index (χ0v) is 24.1. The highest BCUT2D eigenvalue weighted by molar-refractivity contribution is 7.91. The molecule has 9 nitrogen and oxygen atoms in total. The van der Waals surface area contributed by atoms with Gasteiger partial charge in [-0.25, -0.2) is 22.2 Å². The molecule has 1 saturated heterocycles. The Morgan fingerprint density at radius 3 is 2.60 bits per heavy atom. The topological polar surface area (TPSA) is 123 Å². The zero-order valence-electron chi connectivity index (χ0n) is 23.3. The zero-order chi connectivity index (χ0) is 29.0. The van der Waals surface area contributed by atoms with Crippen LogP contribution in [0.15, 0.2) is 40.8 Å². The summed E-state index contributed by atoms with van der Waals surface area (Å²) in [5.41, 5.74) is 10.1. The second-order valence-corrected chi connectivity index (χ2v) is 12.9. The number of hydrogen-bond acceptors (Lipinski definition) is 6. The average Bonchev–Trinajstić information content (AvgIpc) is 3.34. The third-order valence-electron chi connectivity index (χ3n) is 7.57. The van der Waals surface area contributed by atoms with Crippen LogP contribution in [0.4, 0.5) is 14.5 Å². The summed E-state index contributed by atoms with van der Waals surface area (Å²) in [5, 5.41) is 7.62. The molecule has 2 aliphatic heterocycles. The lowest BCUT2D eigenvalue weighted by atomic mass is 9.95. The van der Waals surface area contributed by atoms with Gasteiger partial charge >= 0.3 is 0 Å². The molecule has 1 amide bonds. The molecule has 12 heteroatoms. The van der Waals surface area contributed by atoms with Crippen molar-refractivity contribution in [3.05, 3.63) is 46.9 Å². The van der Waals surface area contributed by atoms with Crippen molar-refractivity contribution < 1.29 is 22.0 Å². The number of amidine groups is 1. The highest BCUT2D eigenvalue weighted by Crippen LogP contribution is 2.37. The number of benzene rings is 1. The van der Waals surface area contributed by atoms with Crippen molar-refractivity contribution in [3.8, 4) is 11.1 Å². The van der Waals surface area contributed by atoms with Gasteiger partial charge in [-0.2, -0.15) is 5.10 Å². The predicted octanol–water partition coefficient (Wildman–Crippen LogP) is 4.03. The molecule has 0 spiro atoms. The number of nitrogens with two attached hydrogens (primary N) is 1.